The average molecular weight is 627 g/mol. The van der Waals surface area contributed by atoms with Crippen LogP contribution in [0.15, 0.2) is 64.8 Å². The van der Waals surface area contributed by atoms with Crippen molar-refractivity contribution in [1.82, 2.24) is 19.5 Å². The number of carbonyl (C=O) groups is 2. The molecule has 18 heteroatoms. The summed E-state index contributed by atoms with van der Waals surface area (Å²) in [5, 5.41) is 20.0. The summed E-state index contributed by atoms with van der Waals surface area (Å²) in [6, 6.07) is 11.1. The zero-order valence-corrected chi connectivity index (χ0v) is 23.5. The SMILES string of the molecule is COC(=O)OCO/N=[N+](\[O-])N1CCC[C@H]1C(=O)NS(=O)(=O)c1ccc(-n2nc(C(F)(F)F)cc2-c2ccc(C)cc2)cc1. The number of amides is 1. The molecular weight excluding hydrogens is 601 g/mol. The summed E-state index contributed by atoms with van der Waals surface area (Å²) >= 11 is 0. The van der Waals surface area contributed by atoms with E-state index in [2.05, 4.69) is 24.7 Å². The lowest BCUT2D eigenvalue weighted by atomic mass is 10.1. The number of nitrogens with one attached hydrogen (secondary N) is 1. The molecule has 2 aromatic carbocycles. The van der Waals surface area contributed by atoms with Crippen LogP contribution in [0.4, 0.5) is 18.0 Å². The van der Waals surface area contributed by atoms with E-state index in [0.717, 1.165) is 40.6 Å². The van der Waals surface area contributed by atoms with Gasteiger partial charge in [-0.25, -0.2) is 22.6 Å². The maximum atomic E-state index is 13.5. The standard InChI is InChI=1S/C25H25F3N6O8S/c1-16-5-7-17(8-6-16)21-14-22(25(26,27)28)29-33(21)18-9-11-19(12-10-18)43(38,39)30-23(35)20-4-3-13-32(20)34(37)31-42-15-41-24(36)40-2/h5-12,14,20H,3-4,13,15H2,1-2H3,(H,30,35)/b34-31-/t20-/m0/s1. The van der Waals surface area contributed by atoms with E-state index in [1.165, 1.54) is 12.1 Å². The summed E-state index contributed by atoms with van der Waals surface area (Å²) in [5.74, 6) is -1.02. The lowest BCUT2D eigenvalue weighted by molar-refractivity contribution is -0.712. The van der Waals surface area contributed by atoms with Crippen LogP contribution in [0.25, 0.3) is 16.9 Å². The zero-order chi connectivity index (χ0) is 31.4. The van der Waals surface area contributed by atoms with Crippen molar-refractivity contribution in [2.75, 3.05) is 20.4 Å². The highest BCUT2D eigenvalue weighted by molar-refractivity contribution is 7.90. The third kappa shape index (κ3) is 7.32. The van der Waals surface area contributed by atoms with Gasteiger partial charge in [0.25, 0.3) is 22.7 Å². The number of halogens is 3. The summed E-state index contributed by atoms with van der Waals surface area (Å²) in [6.07, 6.45) is -5.32. The molecule has 1 N–H and O–H groups in total. The van der Waals surface area contributed by atoms with Gasteiger partial charge in [-0.05, 0) is 50.1 Å². The Kier molecular flexibility index (Phi) is 9.07. The fourth-order valence-corrected chi connectivity index (χ4v) is 5.16. The van der Waals surface area contributed by atoms with Gasteiger partial charge in [-0.1, -0.05) is 29.8 Å². The van der Waals surface area contributed by atoms with Crippen molar-refractivity contribution in [2.45, 2.75) is 36.9 Å². The van der Waals surface area contributed by atoms with Crippen LogP contribution >= 0.6 is 0 Å². The topological polar surface area (TPSA) is 167 Å². The number of ether oxygens (including phenoxy) is 2. The molecule has 2 heterocycles. The van der Waals surface area contributed by atoms with Crippen LogP contribution in [0.1, 0.15) is 24.1 Å². The number of rotatable bonds is 9. The maximum absolute atomic E-state index is 13.5. The van der Waals surface area contributed by atoms with E-state index in [-0.39, 0.29) is 34.2 Å². The van der Waals surface area contributed by atoms with Gasteiger partial charge in [-0.2, -0.15) is 18.3 Å². The van der Waals surface area contributed by atoms with E-state index in [9.17, 15) is 36.4 Å². The van der Waals surface area contributed by atoms with Crippen LogP contribution in [0.2, 0.25) is 0 Å². The number of nitrogens with zero attached hydrogens (tertiary/aromatic N) is 5. The van der Waals surface area contributed by atoms with Gasteiger partial charge in [0.1, 0.15) is 0 Å². The summed E-state index contributed by atoms with van der Waals surface area (Å²) in [4.78, 5) is 27.8. The Bertz CT molecular complexity index is 1610. The normalized spacial score (nSPS) is 15.7. The third-order valence-corrected chi connectivity index (χ3v) is 7.61. The van der Waals surface area contributed by atoms with Crippen molar-refractivity contribution in [1.29, 1.82) is 0 Å². The molecule has 1 atom stereocenters. The molecule has 1 aromatic heterocycles. The molecule has 14 nitrogen and oxygen atoms in total. The quantitative estimate of drug-likeness (QED) is 0.0924. The van der Waals surface area contributed by atoms with Gasteiger partial charge in [0.15, 0.2) is 11.7 Å². The third-order valence-electron chi connectivity index (χ3n) is 6.24. The highest BCUT2D eigenvalue weighted by Crippen LogP contribution is 2.33. The Morgan fingerprint density at radius 1 is 1.16 bits per heavy atom. The Morgan fingerprint density at radius 3 is 2.47 bits per heavy atom. The molecule has 0 aliphatic carbocycles. The molecule has 43 heavy (non-hydrogen) atoms. The average Bonchev–Trinajstić information content (AvgIpc) is 3.64. The largest absolute Gasteiger partial charge is 0.569 e. The molecular formula is C25H25F3N6O8S. The number of hydrogen-bond donors (Lipinski definition) is 1. The monoisotopic (exact) mass is 626 g/mol. The van der Waals surface area contributed by atoms with Gasteiger partial charge in [0.2, 0.25) is 5.28 Å². The first kappa shape index (κ1) is 31.1. The highest BCUT2D eigenvalue weighted by atomic mass is 32.2. The van der Waals surface area contributed by atoms with Crippen molar-refractivity contribution < 1.29 is 50.5 Å². The highest BCUT2D eigenvalue weighted by Gasteiger charge is 2.39. The minimum absolute atomic E-state index is 0.0498. The van der Waals surface area contributed by atoms with Crippen molar-refractivity contribution in [3.05, 3.63) is 71.1 Å². The van der Waals surface area contributed by atoms with E-state index in [0.29, 0.717) is 12.0 Å². The fraction of sp³-hybridized carbons (Fsp3) is 0.320. The second-order valence-electron chi connectivity index (χ2n) is 9.15. The predicted octanol–water partition coefficient (Wildman–Crippen LogP) is 3.69. The molecule has 1 fully saturated rings. The van der Waals surface area contributed by atoms with Gasteiger partial charge in [0.05, 0.1) is 34.9 Å². The molecule has 0 bridgehead atoms. The van der Waals surface area contributed by atoms with Crippen LogP contribution in [0, 0.1) is 12.1 Å². The number of hydrogen-bond acceptors (Lipinski definition) is 10. The van der Waals surface area contributed by atoms with Crippen LogP contribution in [-0.2, 0) is 35.3 Å². The smallest absolute Gasteiger partial charge is 0.510 e. The predicted molar refractivity (Wildman–Crippen MR) is 139 cm³/mol. The number of benzene rings is 2. The summed E-state index contributed by atoms with van der Waals surface area (Å²) in [6.45, 7) is 1.13. The minimum atomic E-state index is -4.72. The molecule has 3 aromatic rings. The van der Waals surface area contributed by atoms with E-state index in [1.54, 1.807) is 24.3 Å². The van der Waals surface area contributed by atoms with Crippen molar-refractivity contribution >= 4 is 22.1 Å². The summed E-state index contributed by atoms with van der Waals surface area (Å²) in [5.41, 5.74) is 0.496. The molecule has 0 radical (unpaired) electrons. The van der Waals surface area contributed by atoms with Gasteiger partial charge in [-0.15, -0.1) is 5.01 Å². The number of alkyl halides is 3. The molecule has 0 spiro atoms. The first-order chi connectivity index (χ1) is 20.3. The van der Waals surface area contributed by atoms with Gasteiger partial charge in [0, 0.05) is 5.56 Å². The van der Waals surface area contributed by atoms with Crippen LogP contribution in [0.5, 0.6) is 0 Å². The maximum Gasteiger partial charge on any atom is 0.510 e. The van der Waals surface area contributed by atoms with E-state index < -0.39 is 46.8 Å². The molecule has 0 saturated carbocycles. The Balaban J connectivity index is 1.50. The second-order valence-corrected chi connectivity index (χ2v) is 10.8. The van der Waals surface area contributed by atoms with Gasteiger partial charge in [-0.3, -0.25) is 4.79 Å². The molecule has 0 unspecified atom stereocenters. The molecule has 1 aliphatic heterocycles. The Morgan fingerprint density at radius 2 is 1.84 bits per heavy atom. The lowest BCUT2D eigenvalue weighted by Gasteiger charge is -2.19. The number of sulfonamides is 1. The fourth-order valence-electron chi connectivity index (χ4n) is 4.15. The van der Waals surface area contributed by atoms with Crippen molar-refractivity contribution in [2.24, 2.45) is 5.28 Å². The number of aromatic nitrogens is 2. The van der Waals surface area contributed by atoms with Crippen LogP contribution < -0.4 is 4.72 Å². The number of aryl methyl sites for hydroxylation is 1. The molecule has 1 saturated heterocycles. The first-order valence-electron chi connectivity index (χ1n) is 12.5. The number of hydrazine groups is 1. The Hall–Kier alpha value is -4.87. The Labute approximate surface area is 242 Å². The van der Waals surface area contributed by atoms with E-state index in [4.69, 9.17) is 0 Å². The number of carbonyl (C=O) groups excluding carboxylic acids is 2. The number of methoxy groups -OCH3 is 1. The van der Waals surface area contributed by atoms with Crippen LogP contribution in [-0.4, -0.2) is 66.7 Å². The zero-order valence-electron chi connectivity index (χ0n) is 22.6. The summed E-state index contributed by atoms with van der Waals surface area (Å²) < 4.78 is 78.0. The minimum Gasteiger partial charge on any atom is -0.569 e. The lowest BCUT2D eigenvalue weighted by Crippen LogP contribution is -2.47. The van der Waals surface area contributed by atoms with E-state index >= 15 is 0 Å². The second kappa shape index (κ2) is 12.6. The molecule has 1 aliphatic rings. The van der Waals surface area contributed by atoms with E-state index in [1.807, 2.05) is 11.6 Å². The van der Waals surface area contributed by atoms with Gasteiger partial charge < -0.3 is 19.5 Å². The van der Waals surface area contributed by atoms with Crippen molar-refractivity contribution in [3.63, 3.8) is 0 Å². The van der Waals surface area contributed by atoms with Crippen LogP contribution in [0.3, 0.4) is 0 Å². The molecule has 230 valence electrons. The molecule has 4 rings (SSSR count). The molecule has 1 amide bonds. The first-order valence-corrected chi connectivity index (χ1v) is 14.0. The van der Waals surface area contributed by atoms with Crippen molar-refractivity contribution in [3.8, 4) is 16.9 Å². The van der Waals surface area contributed by atoms with Gasteiger partial charge >= 0.3 is 12.3 Å². The summed E-state index contributed by atoms with van der Waals surface area (Å²) in [7, 11) is -3.39.